The molecule has 4 nitrogen and oxygen atoms in total. The zero-order valence-corrected chi connectivity index (χ0v) is 11.6. The van der Waals surface area contributed by atoms with E-state index in [4.69, 9.17) is 4.74 Å². The van der Waals surface area contributed by atoms with Crippen LogP contribution in [0.5, 0.6) is 5.75 Å². The van der Waals surface area contributed by atoms with E-state index in [0.29, 0.717) is 6.42 Å². The summed E-state index contributed by atoms with van der Waals surface area (Å²) in [4.78, 5) is 12.4. The van der Waals surface area contributed by atoms with Crippen LogP contribution in [-0.4, -0.2) is 24.1 Å². The van der Waals surface area contributed by atoms with E-state index in [0.717, 1.165) is 36.5 Å². The maximum atomic E-state index is 12.4. The Balaban J connectivity index is 1.80. The van der Waals surface area contributed by atoms with E-state index in [9.17, 15) is 4.79 Å². The van der Waals surface area contributed by atoms with Crippen molar-refractivity contribution in [2.24, 2.45) is 0 Å². The van der Waals surface area contributed by atoms with Crippen molar-refractivity contribution < 1.29 is 9.53 Å². The number of fused-ring (bicyclic) bond motifs is 1. The first-order valence-corrected chi connectivity index (χ1v) is 6.84. The molecule has 2 heterocycles. The Hall–Kier alpha value is -2.07. The average molecular weight is 270 g/mol. The van der Waals surface area contributed by atoms with Crippen LogP contribution in [0.2, 0.25) is 0 Å². The standard InChI is InChI=1S/C16H18N2O2/c1-20-14-4-2-3-12(9-14)10-16(19)18-8-6-13-11-17-7-5-15(13)18/h2-4,6,8-9,17H,5,7,10-11H2,1H3. The van der Waals surface area contributed by atoms with E-state index in [2.05, 4.69) is 5.32 Å². The molecule has 104 valence electrons. The quantitative estimate of drug-likeness (QED) is 0.928. The fourth-order valence-corrected chi connectivity index (χ4v) is 2.65. The van der Waals surface area contributed by atoms with Gasteiger partial charge in [-0.15, -0.1) is 0 Å². The van der Waals surface area contributed by atoms with Crippen LogP contribution in [0.3, 0.4) is 0 Å². The van der Waals surface area contributed by atoms with Gasteiger partial charge in [-0.3, -0.25) is 9.36 Å². The molecule has 0 unspecified atom stereocenters. The number of nitrogens with zero attached hydrogens (tertiary/aromatic N) is 1. The number of nitrogens with one attached hydrogen (secondary N) is 1. The molecular formula is C16H18N2O2. The number of carbonyl (C=O) groups excluding carboxylic acids is 1. The molecule has 1 aliphatic rings. The summed E-state index contributed by atoms with van der Waals surface area (Å²) in [5, 5.41) is 3.32. The molecule has 1 aliphatic heterocycles. The van der Waals surface area contributed by atoms with E-state index in [-0.39, 0.29) is 5.91 Å². The third kappa shape index (κ3) is 2.47. The summed E-state index contributed by atoms with van der Waals surface area (Å²) in [6, 6.07) is 9.70. The smallest absolute Gasteiger partial charge is 0.235 e. The zero-order valence-electron chi connectivity index (χ0n) is 11.6. The predicted molar refractivity (Wildman–Crippen MR) is 77.2 cm³/mol. The molecule has 1 aromatic heterocycles. The summed E-state index contributed by atoms with van der Waals surface area (Å²) in [7, 11) is 1.64. The number of aromatic nitrogens is 1. The van der Waals surface area contributed by atoms with Gasteiger partial charge in [0.05, 0.1) is 13.5 Å². The van der Waals surface area contributed by atoms with Crippen molar-refractivity contribution in [2.45, 2.75) is 19.4 Å². The van der Waals surface area contributed by atoms with E-state index >= 15 is 0 Å². The normalized spacial score (nSPS) is 13.8. The van der Waals surface area contributed by atoms with Gasteiger partial charge in [0.2, 0.25) is 5.91 Å². The van der Waals surface area contributed by atoms with Gasteiger partial charge in [0, 0.05) is 31.4 Å². The van der Waals surface area contributed by atoms with Crippen LogP contribution in [0.15, 0.2) is 36.5 Å². The highest BCUT2D eigenvalue weighted by molar-refractivity contribution is 5.82. The Labute approximate surface area is 118 Å². The summed E-state index contributed by atoms with van der Waals surface area (Å²) in [6.45, 7) is 1.79. The van der Waals surface area contributed by atoms with Gasteiger partial charge in [-0.25, -0.2) is 0 Å². The lowest BCUT2D eigenvalue weighted by atomic mass is 10.1. The molecule has 0 spiro atoms. The molecule has 3 rings (SSSR count). The lowest BCUT2D eigenvalue weighted by Crippen LogP contribution is -2.26. The van der Waals surface area contributed by atoms with Crippen LogP contribution >= 0.6 is 0 Å². The van der Waals surface area contributed by atoms with Gasteiger partial charge in [0.25, 0.3) is 0 Å². The summed E-state index contributed by atoms with van der Waals surface area (Å²) >= 11 is 0. The molecule has 2 aromatic rings. The zero-order chi connectivity index (χ0) is 13.9. The fraction of sp³-hybridized carbons (Fsp3) is 0.312. The molecule has 1 aromatic carbocycles. The highest BCUT2D eigenvalue weighted by Gasteiger charge is 2.17. The number of carbonyl (C=O) groups is 1. The molecule has 0 atom stereocenters. The van der Waals surface area contributed by atoms with Crippen LogP contribution in [0.1, 0.15) is 21.6 Å². The molecule has 0 aliphatic carbocycles. The number of hydrogen-bond acceptors (Lipinski definition) is 3. The van der Waals surface area contributed by atoms with Gasteiger partial charge < -0.3 is 10.1 Å². The second-order valence-corrected chi connectivity index (χ2v) is 5.01. The van der Waals surface area contributed by atoms with Crippen LogP contribution in [-0.2, 0) is 19.4 Å². The Morgan fingerprint density at radius 2 is 2.30 bits per heavy atom. The first-order valence-electron chi connectivity index (χ1n) is 6.84. The minimum Gasteiger partial charge on any atom is -0.497 e. The Morgan fingerprint density at radius 1 is 1.40 bits per heavy atom. The fourth-order valence-electron chi connectivity index (χ4n) is 2.65. The Bertz CT molecular complexity index is 631. The molecular weight excluding hydrogens is 252 g/mol. The molecule has 4 heteroatoms. The highest BCUT2D eigenvalue weighted by atomic mass is 16.5. The minimum atomic E-state index is 0.112. The molecule has 0 radical (unpaired) electrons. The van der Waals surface area contributed by atoms with Crippen LogP contribution < -0.4 is 10.1 Å². The van der Waals surface area contributed by atoms with Crippen molar-refractivity contribution in [3.63, 3.8) is 0 Å². The topological polar surface area (TPSA) is 43.3 Å². The first kappa shape index (κ1) is 12.9. The van der Waals surface area contributed by atoms with Crippen molar-refractivity contribution in [2.75, 3.05) is 13.7 Å². The number of methoxy groups -OCH3 is 1. The minimum absolute atomic E-state index is 0.112. The lowest BCUT2D eigenvalue weighted by molar-refractivity contribution is 0.0911. The van der Waals surface area contributed by atoms with Gasteiger partial charge in [0.1, 0.15) is 5.75 Å². The van der Waals surface area contributed by atoms with E-state index in [1.807, 2.05) is 36.5 Å². The third-order valence-corrected chi connectivity index (χ3v) is 3.70. The van der Waals surface area contributed by atoms with Gasteiger partial charge in [-0.2, -0.15) is 0 Å². The maximum Gasteiger partial charge on any atom is 0.235 e. The van der Waals surface area contributed by atoms with Crippen molar-refractivity contribution >= 4 is 5.91 Å². The van der Waals surface area contributed by atoms with Gasteiger partial charge in [-0.05, 0) is 29.3 Å². The number of hydrogen-bond donors (Lipinski definition) is 1. The summed E-state index contributed by atoms with van der Waals surface area (Å²) in [5.41, 5.74) is 3.36. The largest absolute Gasteiger partial charge is 0.497 e. The van der Waals surface area contributed by atoms with Gasteiger partial charge in [0.15, 0.2) is 0 Å². The Kier molecular flexibility index (Phi) is 3.56. The summed E-state index contributed by atoms with van der Waals surface area (Å²) in [6.07, 6.45) is 3.19. The van der Waals surface area contributed by atoms with E-state index < -0.39 is 0 Å². The van der Waals surface area contributed by atoms with Crippen molar-refractivity contribution in [3.8, 4) is 5.75 Å². The van der Waals surface area contributed by atoms with E-state index in [1.54, 1.807) is 11.7 Å². The number of benzene rings is 1. The predicted octanol–water partition coefficient (Wildman–Crippen LogP) is 2.03. The monoisotopic (exact) mass is 270 g/mol. The third-order valence-electron chi connectivity index (χ3n) is 3.70. The number of rotatable bonds is 3. The summed E-state index contributed by atoms with van der Waals surface area (Å²) < 4.78 is 6.99. The van der Waals surface area contributed by atoms with Crippen molar-refractivity contribution in [3.05, 3.63) is 53.3 Å². The maximum absolute atomic E-state index is 12.4. The molecule has 0 saturated heterocycles. The average Bonchev–Trinajstić information content (AvgIpc) is 2.91. The summed E-state index contributed by atoms with van der Waals surface area (Å²) in [5.74, 6) is 0.899. The van der Waals surface area contributed by atoms with Gasteiger partial charge >= 0.3 is 0 Å². The second-order valence-electron chi connectivity index (χ2n) is 5.01. The Morgan fingerprint density at radius 3 is 3.15 bits per heavy atom. The number of ether oxygens (including phenoxy) is 1. The van der Waals surface area contributed by atoms with Crippen LogP contribution in [0, 0.1) is 0 Å². The van der Waals surface area contributed by atoms with Crippen LogP contribution in [0.25, 0.3) is 0 Å². The highest BCUT2D eigenvalue weighted by Crippen LogP contribution is 2.18. The molecule has 0 bridgehead atoms. The molecule has 20 heavy (non-hydrogen) atoms. The van der Waals surface area contributed by atoms with Gasteiger partial charge in [-0.1, -0.05) is 12.1 Å². The lowest BCUT2D eigenvalue weighted by Gasteiger charge is -2.16. The molecule has 1 N–H and O–H groups in total. The van der Waals surface area contributed by atoms with Crippen molar-refractivity contribution in [1.82, 2.24) is 9.88 Å². The van der Waals surface area contributed by atoms with Crippen molar-refractivity contribution in [1.29, 1.82) is 0 Å². The SMILES string of the molecule is COc1cccc(CC(=O)n2ccc3c2CCNC3)c1. The molecule has 0 amide bonds. The first-order chi connectivity index (χ1) is 9.78. The molecule has 0 fully saturated rings. The molecule has 0 saturated carbocycles. The second kappa shape index (κ2) is 5.51. The van der Waals surface area contributed by atoms with Crippen LogP contribution in [0.4, 0.5) is 0 Å². The van der Waals surface area contributed by atoms with E-state index in [1.165, 1.54) is 5.56 Å².